The first-order valence-electron chi connectivity index (χ1n) is 15.8. The number of benzene rings is 7. The van der Waals surface area contributed by atoms with Gasteiger partial charge in [0.2, 0.25) is 0 Å². The largest absolute Gasteiger partial charge is 0.356 e. The van der Waals surface area contributed by atoms with E-state index in [0.29, 0.717) is 0 Å². The van der Waals surface area contributed by atoms with Crippen LogP contribution in [-0.4, -0.2) is 0 Å². The molecule has 9 rings (SSSR count). The first-order chi connectivity index (χ1) is 23.7. The van der Waals surface area contributed by atoms with Gasteiger partial charge in [-0.3, -0.25) is 0 Å². The number of nitrogens with one attached hydrogen (secondary N) is 1. The summed E-state index contributed by atoms with van der Waals surface area (Å²) in [5, 5.41) is 3.71. The Bertz CT molecular complexity index is 2210. The summed E-state index contributed by atoms with van der Waals surface area (Å²) in [6.45, 7) is 0. The van der Waals surface area contributed by atoms with Crippen molar-refractivity contribution in [3.05, 3.63) is 168 Å². The van der Waals surface area contributed by atoms with Gasteiger partial charge in [0.25, 0.3) is 0 Å². The van der Waals surface area contributed by atoms with Gasteiger partial charge in [0.05, 0.1) is 28.4 Å². The third kappa shape index (κ3) is 5.27. The molecule has 0 radical (unpaired) electrons. The van der Waals surface area contributed by atoms with Crippen LogP contribution in [0.15, 0.2) is 188 Å². The second-order valence-electron chi connectivity index (χ2n) is 11.7. The Labute approximate surface area is 297 Å². The topological polar surface area (TPSA) is 18.5 Å². The highest BCUT2D eigenvalue weighted by Gasteiger charge is 2.27. The quantitative estimate of drug-likeness (QED) is 0.190. The maximum atomic E-state index is 3.71. The third-order valence-corrected chi connectivity index (χ3v) is 11.5. The van der Waals surface area contributed by atoms with Crippen LogP contribution >= 0.6 is 39.5 Å². The normalized spacial score (nSPS) is 12.9. The van der Waals surface area contributed by atoms with Crippen LogP contribution in [0.4, 0.5) is 45.5 Å². The number of rotatable bonds is 5. The van der Waals surface area contributed by atoms with E-state index in [4.69, 9.17) is 0 Å². The molecule has 2 aliphatic heterocycles. The lowest BCUT2D eigenvalue weighted by molar-refractivity contribution is 1.17. The summed E-state index contributed by atoms with van der Waals surface area (Å²) in [5.74, 6) is 0. The Morgan fingerprint density at radius 3 is 1.40 bits per heavy atom. The van der Waals surface area contributed by atoms with Gasteiger partial charge in [-0.1, -0.05) is 100 Å². The van der Waals surface area contributed by atoms with Gasteiger partial charge in [-0.15, -0.1) is 0 Å². The van der Waals surface area contributed by atoms with E-state index < -0.39 is 0 Å². The van der Waals surface area contributed by atoms with Crippen LogP contribution in [-0.2, 0) is 0 Å². The van der Waals surface area contributed by atoms with E-state index in [0.717, 1.165) is 38.3 Å². The van der Waals surface area contributed by atoms with Gasteiger partial charge in [-0.2, -0.15) is 0 Å². The number of fused-ring (bicyclic) bond motifs is 4. The second-order valence-corrected chi connectivity index (χ2v) is 14.7. The number of nitrogens with zero attached hydrogens (tertiary/aromatic N) is 2. The average molecular weight is 719 g/mol. The van der Waals surface area contributed by atoms with Crippen LogP contribution in [0.5, 0.6) is 0 Å². The second kappa shape index (κ2) is 12.3. The van der Waals surface area contributed by atoms with Gasteiger partial charge < -0.3 is 15.1 Å². The summed E-state index contributed by atoms with van der Waals surface area (Å²) in [6, 6.07) is 58.6. The molecule has 0 spiro atoms. The van der Waals surface area contributed by atoms with Gasteiger partial charge in [0, 0.05) is 46.7 Å². The van der Waals surface area contributed by atoms with Crippen LogP contribution in [0.2, 0.25) is 0 Å². The fourth-order valence-electron chi connectivity index (χ4n) is 6.48. The maximum absolute atomic E-state index is 3.71. The standard InChI is InChI=1S/C42H28BrN3S2/c43-29-19-17-28(18-20-29)33-27-31(23-26-34(33)46-37-11-3-7-15-41(37)48-42-16-8-4-12-38(42)46)44-30-21-24-32(25-22-30)45-35-9-1-5-13-39(35)47-40-14-6-2-10-36(40)45/h1-27,44H. The molecule has 7 aromatic rings. The Hall–Kier alpha value is -4.88. The monoisotopic (exact) mass is 717 g/mol. The molecule has 1 N–H and O–H groups in total. The minimum Gasteiger partial charge on any atom is -0.356 e. The molecule has 0 unspecified atom stereocenters. The Morgan fingerprint density at radius 1 is 0.417 bits per heavy atom. The molecule has 2 aliphatic rings. The Morgan fingerprint density at radius 2 is 0.875 bits per heavy atom. The molecule has 0 aromatic heterocycles. The van der Waals surface area contributed by atoms with Gasteiger partial charge >= 0.3 is 0 Å². The first kappa shape index (κ1) is 29.3. The average Bonchev–Trinajstić information content (AvgIpc) is 3.14. The molecule has 0 amide bonds. The van der Waals surface area contributed by atoms with Crippen molar-refractivity contribution in [2.75, 3.05) is 15.1 Å². The molecule has 0 bridgehead atoms. The predicted molar refractivity (Wildman–Crippen MR) is 207 cm³/mol. The van der Waals surface area contributed by atoms with Crippen molar-refractivity contribution in [1.82, 2.24) is 0 Å². The number of hydrogen-bond donors (Lipinski definition) is 1. The lowest BCUT2D eigenvalue weighted by atomic mass is 10.0. The van der Waals surface area contributed by atoms with Crippen LogP contribution in [0.3, 0.4) is 0 Å². The van der Waals surface area contributed by atoms with E-state index in [-0.39, 0.29) is 0 Å². The first-order valence-corrected chi connectivity index (χ1v) is 18.2. The summed E-state index contributed by atoms with van der Waals surface area (Å²) in [4.78, 5) is 9.78. The lowest BCUT2D eigenvalue weighted by Gasteiger charge is -2.34. The SMILES string of the molecule is Brc1ccc(-c2cc(Nc3ccc(N4c5ccccc5Sc5ccccc54)cc3)ccc2N2c3ccccc3Sc3ccccc32)cc1. The van der Waals surface area contributed by atoms with Gasteiger partial charge in [0.15, 0.2) is 0 Å². The molecule has 0 fully saturated rings. The molecule has 7 aromatic carbocycles. The van der Waals surface area contributed by atoms with E-state index in [1.807, 2.05) is 23.5 Å². The minimum atomic E-state index is 1.03. The molecule has 0 saturated carbocycles. The molecule has 48 heavy (non-hydrogen) atoms. The number of anilines is 8. The van der Waals surface area contributed by atoms with Crippen molar-refractivity contribution >= 4 is 85.0 Å². The molecule has 6 heteroatoms. The highest BCUT2D eigenvalue weighted by molar-refractivity contribution is 9.10. The van der Waals surface area contributed by atoms with E-state index >= 15 is 0 Å². The Balaban J connectivity index is 1.10. The zero-order valence-electron chi connectivity index (χ0n) is 25.7. The summed E-state index contributed by atoms with van der Waals surface area (Å²) in [6.07, 6.45) is 0. The van der Waals surface area contributed by atoms with Crippen molar-refractivity contribution in [2.24, 2.45) is 0 Å². The van der Waals surface area contributed by atoms with Gasteiger partial charge in [-0.25, -0.2) is 0 Å². The van der Waals surface area contributed by atoms with E-state index in [1.54, 1.807) is 0 Å². The van der Waals surface area contributed by atoms with Crippen LogP contribution in [0, 0.1) is 0 Å². The van der Waals surface area contributed by atoms with Crippen LogP contribution < -0.4 is 15.1 Å². The molecule has 0 aliphatic carbocycles. The van der Waals surface area contributed by atoms with Crippen LogP contribution in [0.25, 0.3) is 11.1 Å². The van der Waals surface area contributed by atoms with Crippen molar-refractivity contribution in [2.45, 2.75) is 19.6 Å². The maximum Gasteiger partial charge on any atom is 0.0601 e. The summed E-state index contributed by atoms with van der Waals surface area (Å²) in [7, 11) is 0. The number of para-hydroxylation sites is 4. The number of halogens is 1. The number of hydrogen-bond acceptors (Lipinski definition) is 5. The summed E-state index contributed by atoms with van der Waals surface area (Å²) < 4.78 is 1.06. The van der Waals surface area contributed by atoms with E-state index in [9.17, 15) is 0 Å². The highest BCUT2D eigenvalue weighted by atomic mass is 79.9. The highest BCUT2D eigenvalue weighted by Crippen LogP contribution is 2.54. The molecule has 230 valence electrons. The molecule has 2 heterocycles. The van der Waals surface area contributed by atoms with Crippen LogP contribution in [0.1, 0.15) is 0 Å². The molecular formula is C42H28BrN3S2. The van der Waals surface area contributed by atoms with Crippen molar-refractivity contribution < 1.29 is 0 Å². The van der Waals surface area contributed by atoms with E-state index in [1.165, 1.54) is 42.3 Å². The summed E-state index contributed by atoms with van der Waals surface area (Å²) in [5.41, 5.74) is 11.4. The van der Waals surface area contributed by atoms with E-state index in [2.05, 4.69) is 195 Å². The molecule has 0 atom stereocenters. The zero-order chi connectivity index (χ0) is 32.0. The van der Waals surface area contributed by atoms with Gasteiger partial charge in [0.1, 0.15) is 0 Å². The van der Waals surface area contributed by atoms with Gasteiger partial charge in [-0.05, 0) is 109 Å². The fourth-order valence-corrected chi connectivity index (χ4v) is 8.86. The smallest absolute Gasteiger partial charge is 0.0601 e. The van der Waals surface area contributed by atoms with Crippen molar-refractivity contribution in [3.8, 4) is 11.1 Å². The summed E-state index contributed by atoms with van der Waals surface area (Å²) >= 11 is 7.29. The fraction of sp³-hybridized carbons (Fsp3) is 0. The minimum absolute atomic E-state index is 1.03. The van der Waals surface area contributed by atoms with Crippen molar-refractivity contribution in [3.63, 3.8) is 0 Å². The van der Waals surface area contributed by atoms with Crippen molar-refractivity contribution in [1.29, 1.82) is 0 Å². The lowest BCUT2D eigenvalue weighted by Crippen LogP contribution is -2.15. The predicted octanol–water partition coefficient (Wildman–Crippen LogP) is 13.7. The zero-order valence-corrected chi connectivity index (χ0v) is 28.9. The molecular weight excluding hydrogens is 691 g/mol. The Kier molecular flexibility index (Phi) is 7.50. The molecule has 3 nitrogen and oxygen atoms in total. The molecule has 0 saturated heterocycles. The third-order valence-electron chi connectivity index (χ3n) is 8.67.